The van der Waals surface area contributed by atoms with Crippen molar-refractivity contribution in [1.29, 1.82) is 0 Å². The van der Waals surface area contributed by atoms with Gasteiger partial charge in [-0.15, -0.1) is 0 Å². The van der Waals surface area contributed by atoms with E-state index in [0.29, 0.717) is 34.4 Å². The number of benzene rings is 2. The number of halogens is 2. The second kappa shape index (κ2) is 10.7. The van der Waals surface area contributed by atoms with Crippen LogP contribution in [0.4, 0.5) is 0 Å². The molecule has 0 fully saturated rings. The number of amides is 2. The van der Waals surface area contributed by atoms with Crippen LogP contribution in [0, 0.1) is 0 Å². The van der Waals surface area contributed by atoms with Crippen molar-refractivity contribution in [3.63, 3.8) is 0 Å². The second-order valence-corrected chi connectivity index (χ2v) is 9.95. The Morgan fingerprint density at radius 2 is 1.82 bits per heavy atom. The molecule has 2 aromatic rings. The molecular formula is C25H30Cl2N2O4. The number of nitrogens with zero attached hydrogens (tertiary/aromatic N) is 1. The highest BCUT2D eigenvalue weighted by molar-refractivity contribution is 6.35. The molecule has 0 aliphatic carbocycles. The van der Waals surface area contributed by atoms with Crippen molar-refractivity contribution in [2.24, 2.45) is 0 Å². The first kappa shape index (κ1) is 25.2. The Hall–Kier alpha value is -2.44. The van der Waals surface area contributed by atoms with Gasteiger partial charge in [-0.25, -0.2) is 0 Å². The summed E-state index contributed by atoms with van der Waals surface area (Å²) in [6.45, 7) is 8.06. The van der Waals surface area contributed by atoms with Crippen LogP contribution in [0.5, 0.6) is 11.5 Å². The Bertz CT molecular complexity index is 1020. The number of carbonyl (C=O) groups excluding carboxylic acids is 2. The summed E-state index contributed by atoms with van der Waals surface area (Å²) in [6, 6.07) is 10.2. The summed E-state index contributed by atoms with van der Waals surface area (Å²) in [6.07, 6.45) is 1.23. The van der Waals surface area contributed by atoms with Gasteiger partial charge in [0.1, 0.15) is 6.04 Å². The molecule has 2 amide bonds. The molecule has 178 valence electrons. The van der Waals surface area contributed by atoms with Crippen LogP contribution in [0.15, 0.2) is 36.4 Å². The van der Waals surface area contributed by atoms with Gasteiger partial charge in [0, 0.05) is 28.5 Å². The van der Waals surface area contributed by atoms with Gasteiger partial charge in [0.05, 0.1) is 0 Å². The third kappa shape index (κ3) is 6.78. The van der Waals surface area contributed by atoms with E-state index in [9.17, 15) is 9.59 Å². The predicted molar refractivity (Wildman–Crippen MR) is 130 cm³/mol. The number of aryl methyl sites for hydroxylation is 1. The van der Waals surface area contributed by atoms with Gasteiger partial charge in [-0.3, -0.25) is 9.59 Å². The normalized spacial score (nSPS) is 13.5. The highest BCUT2D eigenvalue weighted by Crippen LogP contribution is 2.33. The zero-order valence-electron chi connectivity index (χ0n) is 19.4. The van der Waals surface area contributed by atoms with Crippen molar-refractivity contribution in [1.82, 2.24) is 10.2 Å². The summed E-state index contributed by atoms with van der Waals surface area (Å²) < 4.78 is 10.8. The number of fused-ring (bicyclic) bond motifs is 1. The van der Waals surface area contributed by atoms with Crippen molar-refractivity contribution >= 4 is 35.0 Å². The lowest BCUT2D eigenvalue weighted by atomic mass is 10.0. The monoisotopic (exact) mass is 492 g/mol. The van der Waals surface area contributed by atoms with Gasteiger partial charge < -0.3 is 19.7 Å². The molecule has 33 heavy (non-hydrogen) atoms. The fourth-order valence-electron chi connectivity index (χ4n) is 3.70. The molecule has 1 atom stereocenters. The van der Waals surface area contributed by atoms with E-state index in [1.54, 1.807) is 23.1 Å². The lowest BCUT2D eigenvalue weighted by molar-refractivity contribution is -0.142. The maximum Gasteiger partial charge on any atom is 0.243 e. The molecule has 3 rings (SSSR count). The Kier molecular flexibility index (Phi) is 8.14. The highest BCUT2D eigenvalue weighted by Gasteiger charge is 2.31. The molecule has 0 spiro atoms. The maximum atomic E-state index is 13.4. The predicted octanol–water partition coefficient (Wildman–Crippen LogP) is 5.38. The quantitative estimate of drug-likeness (QED) is 0.537. The number of hydrogen-bond acceptors (Lipinski definition) is 4. The minimum Gasteiger partial charge on any atom is -0.454 e. The fraction of sp³-hybridized carbons (Fsp3) is 0.440. The van der Waals surface area contributed by atoms with E-state index in [-0.39, 0.29) is 31.6 Å². The average molecular weight is 493 g/mol. The molecule has 2 aromatic carbocycles. The van der Waals surface area contributed by atoms with Crippen LogP contribution in [0.3, 0.4) is 0 Å². The van der Waals surface area contributed by atoms with E-state index in [1.807, 2.05) is 45.9 Å². The molecule has 1 aliphatic rings. The largest absolute Gasteiger partial charge is 0.454 e. The minimum atomic E-state index is -0.625. The van der Waals surface area contributed by atoms with Gasteiger partial charge in [0.15, 0.2) is 11.5 Å². The molecule has 0 radical (unpaired) electrons. The van der Waals surface area contributed by atoms with E-state index in [0.717, 1.165) is 11.1 Å². The number of carbonyl (C=O) groups is 2. The summed E-state index contributed by atoms with van der Waals surface area (Å²) in [4.78, 5) is 28.1. The molecule has 1 N–H and O–H groups in total. The van der Waals surface area contributed by atoms with Crippen molar-refractivity contribution in [2.45, 2.75) is 65.1 Å². The van der Waals surface area contributed by atoms with Gasteiger partial charge in [0.2, 0.25) is 18.6 Å². The van der Waals surface area contributed by atoms with Crippen molar-refractivity contribution in [2.75, 3.05) is 6.79 Å². The molecule has 0 bridgehead atoms. The zero-order valence-corrected chi connectivity index (χ0v) is 20.9. The van der Waals surface area contributed by atoms with Gasteiger partial charge in [-0.1, -0.05) is 42.3 Å². The van der Waals surface area contributed by atoms with Gasteiger partial charge in [-0.05, 0) is 69.0 Å². The molecule has 0 unspecified atom stereocenters. The number of hydrogen-bond donors (Lipinski definition) is 1. The third-order valence-electron chi connectivity index (χ3n) is 5.30. The Morgan fingerprint density at radius 1 is 1.09 bits per heavy atom. The standard InChI is InChI=1S/C25H30Cl2N2O4/c1-5-20(24(31)28-25(2,3)4)29(14-17-8-9-18(26)13-19(17)27)23(30)11-7-16-6-10-21-22(12-16)33-15-32-21/h6,8-10,12-13,20H,5,7,11,14-15H2,1-4H3,(H,28,31)/t20-/m0/s1. The minimum absolute atomic E-state index is 0.130. The van der Waals surface area contributed by atoms with E-state index >= 15 is 0 Å². The lowest BCUT2D eigenvalue weighted by Gasteiger charge is -2.33. The Morgan fingerprint density at radius 3 is 2.48 bits per heavy atom. The molecular weight excluding hydrogens is 463 g/mol. The van der Waals surface area contributed by atoms with Gasteiger partial charge in [-0.2, -0.15) is 0 Å². The van der Waals surface area contributed by atoms with E-state index in [1.165, 1.54) is 0 Å². The Balaban J connectivity index is 1.81. The van der Waals surface area contributed by atoms with E-state index in [4.69, 9.17) is 32.7 Å². The van der Waals surface area contributed by atoms with Crippen LogP contribution < -0.4 is 14.8 Å². The van der Waals surface area contributed by atoms with Gasteiger partial charge in [0.25, 0.3) is 0 Å². The summed E-state index contributed by atoms with van der Waals surface area (Å²) in [5, 5.41) is 3.98. The van der Waals surface area contributed by atoms with Crippen LogP contribution in [0.25, 0.3) is 0 Å². The molecule has 0 saturated carbocycles. The summed E-state index contributed by atoms with van der Waals surface area (Å²) in [5.41, 5.74) is 1.28. The van der Waals surface area contributed by atoms with E-state index in [2.05, 4.69) is 5.32 Å². The molecule has 8 heteroatoms. The van der Waals surface area contributed by atoms with Crippen LogP contribution in [0.1, 0.15) is 51.7 Å². The fourth-order valence-corrected chi connectivity index (χ4v) is 4.17. The van der Waals surface area contributed by atoms with Crippen molar-refractivity contribution < 1.29 is 19.1 Å². The first-order chi connectivity index (χ1) is 15.6. The Labute approximate surface area is 205 Å². The smallest absolute Gasteiger partial charge is 0.243 e. The van der Waals surface area contributed by atoms with Crippen LogP contribution >= 0.6 is 23.2 Å². The number of rotatable bonds is 8. The topological polar surface area (TPSA) is 67.9 Å². The van der Waals surface area contributed by atoms with Crippen molar-refractivity contribution in [3.8, 4) is 11.5 Å². The van der Waals surface area contributed by atoms with Crippen LogP contribution in [-0.4, -0.2) is 35.1 Å². The molecule has 1 aliphatic heterocycles. The first-order valence-electron chi connectivity index (χ1n) is 11.0. The number of nitrogens with one attached hydrogen (secondary N) is 1. The second-order valence-electron chi connectivity index (χ2n) is 9.11. The molecule has 1 heterocycles. The lowest BCUT2D eigenvalue weighted by Crippen LogP contribution is -2.53. The third-order valence-corrected chi connectivity index (χ3v) is 5.89. The van der Waals surface area contributed by atoms with Crippen molar-refractivity contribution in [3.05, 3.63) is 57.6 Å². The van der Waals surface area contributed by atoms with Gasteiger partial charge >= 0.3 is 0 Å². The van der Waals surface area contributed by atoms with E-state index < -0.39 is 11.6 Å². The first-order valence-corrected chi connectivity index (χ1v) is 11.8. The average Bonchev–Trinajstić information content (AvgIpc) is 3.20. The molecule has 0 saturated heterocycles. The zero-order chi connectivity index (χ0) is 24.2. The summed E-state index contributed by atoms with van der Waals surface area (Å²) in [5.74, 6) is 1.07. The van der Waals surface area contributed by atoms with Crippen LogP contribution in [0.2, 0.25) is 10.0 Å². The summed E-state index contributed by atoms with van der Waals surface area (Å²) >= 11 is 12.4. The maximum absolute atomic E-state index is 13.4. The molecule has 0 aromatic heterocycles. The number of ether oxygens (including phenoxy) is 2. The summed E-state index contributed by atoms with van der Waals surface area (Å²) in [7, 11) is 0. The molecule has 6 nitrogen and oxygen atoms in total. The SMILES string of the molecule is CC[C@@H](C(=O)NC(C)(C)C)N(Cc1ccc(Cl)cc1Cl)C(=O)CCc1ccc2c(c1)OCO2. The highest BCUT2D eigenvalue weighted by atomic mass is 35.5. The van der Waals surface area contributed by atoms with Crippen LogP contribution in [-0.2, 0) is 22.6 Å².